The molecule has 1 heterocycles. The van der Waals surface area contributed by atoms with E-state index < -0.39 is 10.0 Å². The highest BCUT2D eigenvalue weighted by Crippen LogP contribution is 2.37. The lowest BCUT2D eigenvalue weighted by Gasteiger charge is -2.02. The number of benzene rings is 1. The molecule has 0 saturated carbocycles. The van der Waals surface area contributed by atoms with Crippen molar-refractivity contribution < 1.29 is 8.42 Å². The number of anilines is 2. The van der Waals surface area contributed by atoms with E-state index in [1.165, 1.54) is 0 Å². The first-order valence-corrected chi connectivity index (χ1v) is 5.60. The molecular weight excluding hydrogens is 212 g/mol. The van der Waals surface area contributed by atoms with E-state index in [2.05, 4.69) is 4.72 Å². The van der Waals surface area contributed by atoms with E-state index in [1.807, 2.05) is 0 Å². The number of nitrogens with two attached hydrogens (primary N) is 1. The van der Waals surface area contributed by atoms with Gasteiger partial charge in [0.15, 0.2) is 0 Å². The Labute approximate surface area is 80.7 Å². The van der Waals surface area contributed by atoms with Crippen molar-refractivity contribution in [1.29, 1.82) is 0 Å². The Morgan fingerprint density at radius 3 is 2.77 bits per heavy atom. The molecule has 0 spiro atoms. The van der Waals surface area contributed by atoms with Gasteiger partial charge in [0, 0.05) is 10.6 Å². The second-order valence-electron chi connectivity index (χ2n) is 2.85. The summed E-state index contributed by atoms with van der Waals surface area (Å²) in [5.74, 6) is -0.0911. The van der Waals surface area contributed by atoms with Crippen molar-refractivity contribution in [2.24, 2.45) is 0 Å². The van der Waals surface area contributed by atoms with E-state index in [9.17, 15) is 8.42 Å². The predicted octanol–water partition coefficient (Wildman–Crippen LogP) is 1.18. The topological polar surface area (TPSA) is 72.2 Å². The Morgan fingerprint density at radius 1 is 1.46 bits per heavy atom. The summed E-state index contributed by atoms with van der Waals surface area (Å²) >= 11 is 5.81. The lowest BCUT2D eigenvalue weighted by atomic mass is 10.2. The van der Waals surface area contributed by atoms with Gasteiger partial charge in [0.05, 0.1) is 17.1 Å². The van der Waals surface area contributed by atoms with E-state index in [1.54, 1.807) is 12.1 Å². The molecule has 1 aliphatic heterocycles. The van der Waals surface area contributed by atoms with Crippen molar-refractivity contribution in [3.05, 3.63) is 22.7 Å². The molecule has 0 saturated heterocycles. The molecule has 2 rings (SSSR count). The van der Waals surface area contributed by atoms with E-state index in [0.717, 1.165) is 0 Å². The number of hydrogen-bond donors (Lipinski definition) is 2. The van der Waals surface area contributed by atoms with Gasteiger partial charge in [-0.15, -0.1) is 0 Å². The maximum atomic E-state index is 11.2. The number of rotatable bonds is 0. The minimum absolute atomic E-state index is 0.0911. The van der Waals surface area contributed by atoms with E-state index in [4.69, 9.17) is 17.3 Å². The lowest BCUT2D eigenvalue weighted by Crippen LogP contribution is -2.06. The second-order valence-corrected chi connectivity index (χ2v) is 4.98. The average molecular weight is 219 g/mol. The molecule has 0 amide bonds. The van der Waals surface area contributed by atoms with E-state index in [-0.39, 0.29) is 5.75 Å². The molecule has 1 aromatic rings. The fraction of sp³-hybridized carbons (Fsp3) is 0.143. The van der Waals surface area contributed by atoms with Gasteiger partial charge in [-0.1, -0.05) is 11.6 Å². The average Bonchev–Trinajstić information content (AvgIpc) is 2.35. The van der Waals surface area contributed by atoms with Gasteiger partial charge in [0.2, 0.25) is 10.0 Å². The van der Waals surface area contributed by atoms with Gasteiger partial charge in [-0.05, 0) is 12.1 Å². The number of hydrogen-bond acceptors (Lipinski definition) is 3. The van der Waals surface area contributed by atoms with Gasteiger partial charge in [-0.3, -0.25) is 4.72 Å². The first kappa shape index (κ1) is 8.65. The Bertz CT molecular complexity index is 433. The summed E-state index contributed by atoms with van der Waals surface area (Å²) in [6.45, 7) is 0. The summed E-state index contributed by atoms with van der Waals surface area (Å²) in [7, 11) is -3.26. The molecule has 0 bridgehead atoms. The van der Waals surface area contributed by atoms with Gasteiger partial charge in [0.1, 0.15) is 0 Å². The van der Waals surface area contributed by atoms with Crippen LogP contribution in [0.1, 0.15) is 5.56 Å². The van der Waals surface area contributed by atoms with Gasteiger partial charge in [0.25, 0.3) is 0 Å². The molecule has 4 nitrogen and oxygen atoms in total. The number of nitrogen functional groups attached to an aromatic ring is 1. The van der Waals surface area contributed by atoms with Crippen LogP contribution in [0.3, 0.4) is 0 Å². The normalized spacial score (nSPS) is 17.9. The Hall–Kier alpha value is -0.940. The number of sulfonamides is 1. The fourth-order valence-corrected chi connectivity index (χ4v) is 2.89. The Kier molecular flexibility index (Phi) is 1.68. The van der Waals surface area contributed by atoms with Gasteiger partial charge < -0.3 is 5.73 Å². The molecule has 0 aromatic heterocycles. The minimum atomic E-state index is -3.26. The molecule has 70 valence electrons. The van der Waals surface area contributed by atoms with Crippen LogP contribution in [-0.4, -0.2) is 8.42 Å². The first-order valence-electron chi connectivity index (χ1n) is 3.57. The number of nitrogens with one attached hydrogen (secondary N) is 1. The summed E-state index contributed by atoms with van der Waals surface area (Å²) in [6, 6.07) is 3.17. The molecular formula is C7H7ClN2O2S. The van der Waals surface area contributed by atoms with Gasteiger partial charge in [-0.25, -0.2) is 8.42 Å². The molecule has 1 aromatic carbocycles. The third-order valence-corrected chi connectivity index (χ3v) is 3.42. The van der Waals surface area contributed by atoms with Crippen LogP contribution in [0.2, 0.25) is 5.02 Å². The summed E-state index contributed by atoms with van der Waals surface area (Å²) < 4.78 is 24.7. The smallest absolute Gasteiger partial charge is 0.237 e. The number of fused-ring (bicyclic) bond motifs is 1. The van der Waals surface area contributed by atoms with Gasteiger partial charge >= 0.3 is 0 Å². The highest BCUT2D eigenvalue weighted by molar-refractivity contribution is 7.92. The fourth-order valence-electron chi connectivity index (χ4n) is 1.28. The molecule has 0 unspecified atom stereocenters. The zero-order valence-electron chi connectivity index (χ0n) is 6.54. The summed E-state index contributed by atoms with van der Waals surface area (Å²) in [4.78, 5) is 0. The maximum absolute atomic E-state index is 11.2. The van der Waals surface area contributed by atoms with E-state index in [0.29, 0.717) is 22.0 Å². The Morgan fingerprint density at radius 2 is 2.15 bits per heavy atom. The van der Waals surface area contributed by atoms with Crippen LogP contribution in [-0.2, 0) is 15.8 Å². The highest BCUT2D eigenvalue weighted by Gasteiger charge is 2.27. The summed E-state index contributed by atoms with van der Waals surface area (Å²) in [6.07, 6.45) is 0. The second kappa shape index (κ2) is 2.52. The lowest BCUT2D eigenvalue weighted by molar-refractivity contribution is 0.602. The monoisotopic (exact) mass is 218 g/mol. The summed E-state index contributed by atoms with van der Waals surface area (Å²) in [5.41, 5.74) is 6.96. The zero-order valence-corrected chi connectivity index (χ0v) is 8.11. The van der Waals surface area contributed by atoms with Crippen molar-refractivity contribution in [2.45, 2.75) is 5.75 Å². The van der Waals surface area contributed by atoms with Crippen molar-refractivity contribution in [3.8, 4) is 0 Å². The molecule has 0 atom stereocenters. The highest BCUT2D eigenvalue weighted by atomic mass is 35.5. The summed E-state index contributed by atoms with van der Waals surface area (Å²) in [5, 5.41) is 0.428. The number of halogens is 1. The van der Waals surface area contributed by atoms with Crippen LogP contribution in [0.25, 0.3) is 0 Å². The van der Waals surface area contributed by atoms with Crippen molar-refractivity contribution in [3.63, 3.8) is 0 Å². The Balaban J connectivity index is 2.69. The first-order chi connectivity index (χ1) is 5.99. The van der Waals surface area contributed by atoms with Crippen molar-refractivity contribution in [2.75, 3.05) is 10.5 Å². The van der Waals surface area contributed by atoms with Crippen LogP contribution in [0.4, 0.5) is 11.4 Å². The molecule has 6 heteroatoms. The molecule has 0 aliphatic carbocycles. The molecule has 0 fully saturated rings. The molecule has 1 aliphatic rings. The van der Waals surface area contributed by atoms with Crippen LogP contribution < -0.4 is 10.5 Å². The molecule has 0 radical (unpaired) electrons. The van der Waals surface area contributed by atoms with Crippen LogP contribution in [0, 0.1) is 0 Å². The predicted molar refractivity (Wildman–Crippen MR) is 52.1 cm³/mol. The quantitative estimate of drug-likeness (QED) is 0.643. The SMILES string of the molecule is Nc1ccc(Cl)c2c1NS(=O)(=O)C2. The molecule has 3 N–H and O–H groups in total. The van der Waals surface area contributed by atoms with Crippen molar-refractivity contribution >= 4 is 33.0 Å². The maximum Gasteiger partial charge on any atom is 0.237 e. The van der Waals surface area contributed by atoms with Gasteiger partial charge in [-0.2, -0.15) is 0 Å². The minimum Gasteiger partial charge on any atom is -0.397 e. The van der Waals surface area contributed by atoms with Crippen LogP contribution >= 0.6 is 11.6 Å². The largest absolute Gasteiger partial charge is 0.397 e. The zero-order chi connectivity index (χ0) is 9.64. The third-order valence-electron chi connectivity index (χ3n) is 1.88. The third kappa shape index (κ3) is 1.34. The molecule has 13 heavy (non-hydrogen) atoms. The standard InChI is InChI=1S/C7H7ClN2O2S/c8-5-1-2-6(9)7-4(5)3-13(11,12)10-7/h1-2,10H,3,9H2. The van der Waals surface area contributed by atoms with Crippen LogP contribution in [0.15, 0.2) is 12.1 Å². The van der Waals surface area contributed by atoms with Crippen molar-refractivity contribution in [1.82, 2.24) is 0 Å². The van der Waals surface area contributed by atoms with E-state index >= 15 is 0 Å². The van der Waals surface area contributed by atoms with Crippen LogP contribution in [0.5, 0.6) is 0 Å².